The number of nitro benzene ring substituents is 1. The fourth-order valence-electron chi connectivity index (χ4n) is 3.86. The number of nitrogens with zero attached hydrogens (tertiary/aromatic N) is 1. The molecule has 0 saturated heterocycles. The van der Waals surface area contributed by atoms with Crippen LogP contribution < -0.4 is 4.74 Å². The number of aromatic amines is 1. The van der Waals surface area contributed by atoms with Crippen molar-refractivity contribution in [2.24, 2.45) is 0 Å². The Hall–Kier alpha value is -2.82. The highest BCUT2D eigenvalue weighted by molar-refractivity contribution is 5.85. The Labute approximate surface area is 164 Å². The Balaban J connectivity index is 1.79. The van der Waals surface area contributed by atoms with Crippen LogP contribution in [0.4, 0.5) is 5.69 Å². The maximum Gasteiger partial charge on any atom is 0.270 e. The van der Waals surface area contributed by atoms with E-state index in [0.29, 0.717) is 11.8 Å². The van der Waals surface area contributed by atoms with Crippen LogP contribution in [-0.2, 0) is 6.42 Å². The monoisotopic (exact) mass is 378 g/mol. The van der Waals surface area contributed by atoms with Gasteiger partial charge in [-0.2, -0.15) is 0 Å². The van der Waals surface area contributed by atoms with E-state index in [1.165, 1.54) is 10.9 Å². The number of ether oxygens (including phenoxy) is 1. The minimum atomic E-state index is -0.296. The van der Waals surface area contributed by atoms with Crippen LogP contribution >= 0.6 is 0 Å². The van der Waals surface area contributed by atoms with Crippen molar-refractivity contribution in [1.82, 2.24) is 4.98 Å². The summed E-state index contributed by atoms with van der Waals surface area (Å²) in [5.74, 6) is 2.38. The van der Waals surface area contributed by atoms with Crippen molar-refractivity contribution in [2.75, 3.05) is 0 Å². The molecule has 5 heteroatoms. The number of H-pyrrole nitrogens is 1. The lowest BCUT2D eigenvalue weighted by Gasteiger charge is -2.16. The molecular formula is C23H26N2O3. The van der Waals surface area contributed by atoms with Crippen molar-refractivity contribution in [3.05, 3.63) is 63.3 Å². The van der Waals surface area contributed by atoms with Crippen LogP contribution in [0.1, 0.15) is 68.6 Å². The number of aryl methyl sites for hydroxylation is 1. The van der Waals surface area contributed by atoms with E-state index in [1.807, 2.05) is 12.1 Å². The zero-order valence-electron chi connectivity index (χ0n) is 16.6. The summed E-state index contributed by atoms with van der Waals surface area (Å²) in [7, 11) is 0. The highest BCUT2D eigenvalue weighted by Crippen LogP contribution is 2.48. The summed E-state index contributed by atoms with van der Waals surface area (Å²) >= 11 is 0. The van der Waals surface area contributed by atoms with Crippen molar-refractivity contribution < 1.29 is 9.66 Å². The molecule has 3 aromatic rings. The van der Waals surface area contributed by atoms with E-state index in [2.05, 4.69) is 38.0 Å². The number of hydrogen-bond acceptors (Lipinski definition) is 3. The van der Waals surface area contributed by atoms with E-state index in [-0.39, 0.29) is 10.6 Å². The standard InChI is InChI=1S/C23H26N2O3/c1-4-5-16-10-17(25(26)27)11-19(15-6-7-15)23(16)28-18-8-9-22-20(12-18)21(13-24-22)14(2)3/h8-15,24H,4-7H2,1-3H3. The average molecular weight is 378 g/mol. The molecule has 1 fully saturated rings. The highest BCUT2D eigenvalue weighted by Gasteiger charge is 2.31. The molecule has 0 unspecified atom stereocenters. The molecule has 1 aliphatic carbocycles. The van der Waals surface area contributed by atoms with Crippen LogP contribution in [0, 0.1) is 10.1 Å². The molecule has 1 N–H and O–H groups in total. The van der Waals surface area contributed by atoms with E-state index in [1.54, 1.807) is 12.1 Å². The Kier molecular flexibility index (Phi) is 4.84. The molecule has 0 bridgehead atoms. The SMILES string of the molecule is CCCc1cc([N+](=O)[O-])cc(C2CC2)c1Oc1ccc2[nH]cc(C(C)C)c2c1. The predicted octanol–water partition coefficient (Wildman–Crippen LogP) is 6.82. The lowest BCUT2D eigenvalue weighted by atomic mass is 10.00. The first-order valence-corrected chi connectivity index (χ1v) is 10.1. The van der Waals surface area contributed by atoms with Gasteiger partial charge in [0.1, 0.15) is 11.5 Å². The van der Waals surface area contributed by atoms with Crippen molar-refractivity contribution in [3.8, 4) is 11.5 Å². The van der Waals surface area contributed by atoms with Gasteiger partial charge in [0.15, 0.2) is 0 Å². The summed E-state index contributed by atoms with van der Waals surface area (Å²) < 4.78 is 6.40. The fraction of sp³-hybridized carbons (Fsp3) is 0.391. The maximum absolute atomic E-state index is 11.4. The molecule has 146 valence electrons. The summed E-state index contributed by atoms with van der Waals surface area (Å²) in [6.45, 7) is 6.44. The average Bonchev–Trinajstić information content (AvgIpc) is 3.41. The van der Waals surface area contributed by atoms with E-state index in [0.717, 1.165) is 53.8 Å². The quantitative estimate of drug-likeness (QED) is 0.362. The molecule has 0 atom stereocenters. The molecule has 2 aromatic carbocycles. The number of fused-ring (bicyclic) bond motifs is 1. The van der Waals surface area contributed by atoms with Gasteiger partial charge in [0.05, 0.1) is 4.92 Å². The molecular weight excluding hydrogens is 352 g/mol. The van der Waals surface area contributed by atoms with Crippen molar-refractivity contribution >= 4 is 16.6 Å². The second-order valence-electron chi connectivity index (χ2n) is 8.01. The van der Waals surface area contributed by atoms with Gasteiger partial charge in [-0.15, -0.1) is 0 Å². The van der Waals surface area contributed by atoms with Crippen LogP contribution in [0.2, 0.25) is 0 Å². The zero-order valence-corrected chi connectivity index (χ0v) is 16.6. The Morgan fingerprint density at radius 3 is 2.68 bits per heavy atom. The Morgan fingerprint density at radius 1 is 1.25 bits per heavy atom. The first kappa shape index (κ1) is 18.5. The summed E-state index contributed by atoms with van der Waals surface area (Å²) in [5, 5.41) is 12.6. The molecule has 1 saturated carbocycles. The topological polar surface area (TPSA) is 68.2 Å². The fourth-order valence-corrected chi connectivity index (χ4v) is 3.86. The van der Waals surface area contributed by atoms with Crippen LogP contribution in [0.25, 0.3) is 10.9 Å². The van der Waals surface area contributed by atoms with Gasteiger partial charge in [0, 0.05) is 40.4 Å². The number of non-ortho nitro benzene ring substituents is 1. The first-order chi connectivity index (χ1) is 13.5. The van der Waals surface area contributed by atoms with Crippen LogP contribution in [0.15, 0.2) is 36.5 Å². The Bertz CT molecular complexity index is 1030. The van der Waals surface area contributed by atoms with Gasteiger partial charge in [0.2, 0.25) is 0 Å². The molecule has 0 aliphatic heterocycles. The highest BCUT2D eigenvalue weighted by atomic mass is 16.6. The smallest absolute Gasteiger partial charge is 0.270 e. The van der Waals surface area contributed by atoms with Gasteiger partial charge in [-0.05, 0) is 54.9 Å². The number of aromatic nitrogens is 1. The van der Waals surface area contributed by atoms with E-state index in [9.17, 15) is 10.1 Å². The summed E-state index contributed by atoms with van der Waals surface area (Å²) in [6.07, 6.45) is 5.87. The molecule has 0 radical (unpaired) electrons. The largest absolute Gasteiger partial charge is 0.457 e. The van der Waals surface area contributed by atoms with Gasteiger partial charge in [-0.1, -0.05) is 27.2 Å². The predicted molar refractivity (Wildman–Crippen MR) is 112 cm³/mol. The number of benzene rings is 2. The van der Waals surface area contributed by atoms with Crippen LogP contribution in [0.3, 0.4) is 0 Å². The second-order valence-corrected chi connectivity index (χ2v) is 8.01. The lowest BCUT2D eigenvalue weighted by Crippen LogP contribution is -2.00. The molecule has 1 heterocycles. The molecule has 5 nitrogen and oxygen atoms in total. The van der Waals surface area contributed by atoms with E-state index < -0.39 is 0 Å². The normalized spacial score (nSPS) is 14.0. The van der Waals surface area contributed by atoms with Crippen molar-refractivity contribution in [3.63, 3.8) is 0 Å². The van der Waals surface area contributed by atoms with E-state index >= 15 is 0 Å². The number of rotatable bonds is 7. The second kappa shape index (κ2) is 7.30. The molecule has 1 aromatic heterocycles. The minimum absolute atomic E-state index is 0.167. The molecule has 4 rings (SSSR count). The third-order valence-electron chi connectivity index (χ3n) is 5.45. The molecule has 0 amide bonds. The van der Waals surface area contributed by atoms with E-state index in [4.69, 9.17) is 4.74 Å². The third-order valence-corrected chi connectivity index (χ3v) is 5.45. The van der Waals surface area contributed by atoms with Gasteiger partial charge < -0.3 is 9.72 Å². The van der Waals surface area contributed by atoms with Gasteiger partial charge in [-0.25, -0.2) is 0 Å². The minimum Gasteiger partial charge on any atom is -0.457 e. The molecule has 1 aliphatic rings. The number of hydrogen-bond donors (Lipinski definition) is 1. The third kappa shape index (κ3) is 3.49. The van der Waals surface area contributed by atoms with Gasteiger partial charge in [0.25, 0.3) is 5.69 Å². The lowest BCUT2D eigenvalue weighted by molar-refractivity contribution is -0.385. The zero-order chi connectivity index (χ0) is 19.8. The first-order valence-electron chi connectivity index (χ1n) is 10.1. The van der Waals surface area contributed by atoms with Crippen LogP contribution in [0.5, 0.6) is 11.5 Å². The van der Waals surface area contributed by atoms with Crippen molar-refractivity contribution in [1.29, 1.82) is 0 Å². The number of nitro groups is 1. The van der Waals surface area contributed by atoms with Gasteiger partial charge >= 0.3 is 0 Å². The maximum atomic E-state index is 11.4. The summed E-state index contributed by atoms with van der Waals surface area (Å²) in [6, 6.07) is 9.48. The summed E-state index contributed by atoms with van der Waals surface area (Å²) in [4.78, 5) is 14.4. The summed E-state index contributed by atoms with van der Waals surface area (Å²) in [5.41, 5.74) is 4.44. The molecule has 28 heavy (non-hydrogen) atoms. The van der Waals surface area contributed by atoms with Crippen molar-refractivity contribution in [2.45, 2.75) is 58.3 Å². The molecule has 0 spiro atoms. The van der Waals surface area contributed by atoms with Crippen LogP contribution in [-0.4, -0.2) is 9.91 Å². The van der Waals surface area contributed by atoms with Gasteiger partial charge in [-0.3, -0.25) is 10.1 Å². The number of nitrogens with one attached hydrogen (secondary N) is 1. The Morgan fingerprint density at radius 2 is 2.04 bits per heavy atom.